The third kappa shape index (κ3) is 1.93. The van der Waals surface area contributed by atoms with Crippen LogP contribution in [0.25, 0.3) is 5.65 Å². The van der Waals surface area contributed by atoms with Gasteiger partial charge in [0.2, 0.25) is 0 Å². The van der Waals surface area contributed by atoms with Gasteiger partial charge in [-0.2, -0.15) is 5.10 Å². The van der Waals surface area contributed by atoms with Gasteiger partial charge in [0.1, 0.15) is 5.82 Å². The molecule has 2 atom stereocenters. The van der Waals surface area contributed by atoms with Crippen molar-refractivity contribution < 1.29 is 9.84 Å². The summed E-state index contributed by atoms with van der Waals surface area (Å²) in [6, 6.07) is 4.07. The van der Waals surface area contributed by atoms with Gasteiger partial charge in [0.25, 0.3) is 0 Å². The zero-order valence-electron chi connectivity index (χ0n) is 10.2. The Kier molecular flexibility index (Phi) is 2.89. The number of fused-ring (bicyclic) bond motifs is 1. The quantitative estimate of drug-likeness (QED) is 0.829. The molecule has 0 radical (unpaired) electrons. The van der Waals surface area contributed by atoms with Crippen LogP contribution in [0.1, 0.15) is 6.92 Å². The number of hydrogen-bond donors (Lipinski definition) is 1. The topological polar surface area (TPSA) is 62.9 Å². The van der Waals surface area contributed by atoms with Crippen molar-refractivity contribution >= 4 is 11.5 Å². The molecule has 3 heterocycles. The molecule has 1 aliphatic rings. The van der Waals surface area contributed by atoms with Crippen molar-refractivity contribution in [1.29, 1.82) is 0 Å². The molecule has 2 aromatic heterocycles. The second-order valence-corrected chi connectivity index (χ2v) is 4.56. The fraction of sp³-hybridized carbons (Fsp3) is 0.500. The van der Waals surface area contributed by atoms with Gasteiger partial charge >= 0.3 is 0 Å². The summed E-state index contributed by atoms with van der Waals surface area (Å²) in [6.07, 6.45) is 3.49. The predicted octanol–water partition coefficient (Wildman–Crippen LogP) is 0.315. The molecule has 96 valence electrons. The maximum Gasteiger partial charge on any atom is 0.157 e. The monoisotopic (exact) mass is 248 g/mol. The lowest BCUT2D eigenvalue weighted by Gasteiger charge is -2.38. The normalized spacial score (nSPS) is 24.7. The Bertz CT molecular complexity index is 542. The summed E-state index contributed by atoms with van der Waals surface area (Å²) in [5.41, 5.74) is 0.826. The van der Waals surface area contributed by atoms with E-state index in [0.717, 1.165) is 11.5 Å². The highest BCUT2D eigenvalue weighted by Crippen LogP contribution is 2.20. The molecule has 0 saturated carbocycles. The van der Waals surface area contributed by atoms with E-state index >= 15 is 0 Å². The minimum Gasteiger partial charge on any atom is -0.394 e. The summed E-state index contributed by atoms with van der Waals surface area (Å²) in [6.45, 7) is 3.40. The van der Waals surface area contributed by atoms with E-state index in [1.807, 2.05) is 18.3 Å². The average Bonchev–Trinajstić information content (AvgIpc) is 2.86. The maximum atomic E-state index is 9.19. The summed E-state index contributed by atoms with van der Waals surface area (Å²) < 4.78 is 7.26. The Hall–Kier alpha value is -1.66. The number of anilines is 1. The number of aliphatic hydroxyl groups excluding tert-OH is 1. The van der Waals surface area contributed by atoms with Crippen molar-refractivity contribution in [1.82, 2.24) is 14.6 Å². The fourth-order valence-electron chi connectivity index (χ4n) is 2.21. The molecule has 1 N–H and O–H groups in total. The highest BCUT2D eigenvalue weighted by Gasteiger charge is 2.26. The molecule has 6 heteroatoms. The first-order valence-corrected chi connectivity index (χ1v) is 6.07. The lowest BCUT2D eigenvalue weighted by molar-refractivity contribution is -0.0105. The largest absolute Gasteiger partial charge is 0.394 e. The molecule has 1 aliphatic heterocycles. The first kappa shape index (κ1) is 11.4. The van der Waals surface area contributed by atoms with E-state index < -0.39 is 0 Å². The van der Waals surface area contributed by atoms with Crippen LogP contribution in [0.4, 0.5) is 5.82 Å². The van der Waals surface area contributed by atoms with E-state index in [1.54, 1.807) is 10.7 Å². The summed E-state index contributed by atoms with van der Waals surface area (Å²) >= 11 is 0. The molecular weight excluding hydrogens is 232 g/mol. The Morgan fingerprint density at radius 1 is 1.50 bits per heavy atom. The van der Waals surface area contributed by atoms with Crippen molar-refractivity contribution in [3.8, 4) is 0 Å². The zero-order valence-corrected chi connectivity index (χ0v) is 10.2. The number of aliphatic hydroxyl groups is 1. The van der Waals surface area contributed by atoms with Gasteiger partial charge in [-0.3, -0.25) is 0 Å². The van der Waals surface area contributed by atoms with Crippen molar-refractivity contribution in [2.24, 2.45) is 0 Å². The zero-order chi connectivity index (χ0) is 12.5. The van der Waals surface area contributed by atoms with Crippen molar-refractivity contribution in [2.75, 3.05) is 24.7 Å². The van der Waals surface area contributed by atoms with Gasteiger partial charge in [0.05, 0.1) is 31.6 Å². The summed E-state index contributed by atoms with van der Waals surface area (Å²) in [4.78, 5) is 6.73. The Morgan fingerprint density at radius 2 is 2.39 bits per heavy atom. The molecule has 3 rings (SSSR count). The molecule has 18 heavy (non-hydrogen) atoms. The van der Waals surface area contributed by atoms with Crippen LogP contribution in [0.3, 0.4) is 0 Å². The first-order valence-electron chi connectivity index (χ1n) is 6.07. The Morgan fingerprint density at radius 3 is 3.22 bits per heavy atom. The van der Waals surface area contributed by atoms with Gasteiger partial charge in [0.15, 0.2) is 5.65 Å². The van der Waals surface area contributed by atoms with E-state index in [1.165, 1.54) is 0 Å². The third-order valence-corrected chi connectivity index (χ3v) is 3.25. The van der Waals surface area contributed by atoms with Crippen LogP contribution in [0.5, 0.6) is 0 Å². The van der Waals surface area contributed by atoms with E-state index in [2.05, 4.69) is 21.9 Å². The van der Waals surface area contributed by atoms with Crippen LogP contribution in [-0.2, 0) is 4.74 Å². The highest BCUT2D eigenvalue weighted by molar-refractivity contribution is 5.48. The Labute approximate surface area is 105 Å². The number of ether oxygens (including phenoxy) is 1. The van der Waals surface area contributed by atoms with Crippen LogP contribution in [0, 0.1) is 0 Å². The molecule has 0 spiro atoms. The van der Waals surface area contributed by atoms with Crippen molar-refractivity contribution in [3.05, 3.63) is 24.5 Å². The molecule has 6 nitrogen and oxygen atoms in total. The minimum absolute atomic E-state index is 0.0398. The van der Waals surface area contributed by atoms with E-state index in [-0.39, 0.29) is 18.8 Å². The third-order valence-electron chi connectivity index (χ3n) is 3.25. The van der Waals surface area contributed by atoms with E-state index in [4.69, 9.17) is 4.74 Å². The standard InChI is InChI=1S/C12H16N4O2/c1-9-8-18-10(7-17)6-15(9)11-3-5-16-12(14-11)2-4-13-16/h2-5,9-10,17H,6-8H2,1H3. The lowest BCUT2D eigenvalue weighted by atomic mass is 10.2. The second kappa shape index (κ2) is 4.55. The molecule has 2 unspecified atom stereocenters. The van der Waals surface area contributed by atoms with Gasteiger partial charge in [-0.25, -0.2) is 9.50 Å². The van der Waals surface area contributed by atoms with Crippen molar-refractivity contribution in [3.63, 3.8) is 0 Å². The van der Waals surface area contributed by atoms with Crippen LogP contribution in [0.15, 0.2) is 24.5 Å². The van der Waals surface area contributed by atoms with Gasteiger partial charge in [-0.05, 0) is 13.0 Å². The number of hydrogen-bond acceptors (Lipinski definition) is 5. The smallest absolute Gasteiger partial charge is 0.157 e. The van der Waals surface area contributed by atoms with Crippen LogP contribution >= 0.6 is 0 Å². The molecule has 0 bridgehead atoms. The molecule has 1 fully saturated rings. The van der Waals surface area contributed by atoms with Gasteiger partial charge in [0, 0.05) is 18.8 Å². The lowest BCUT2D eigenvalue weighted by Crippen LogP contribution is -2.50. The molecule has 0 amide bonds. The average molecular weight is 248 g/mol. The molecule has 0 aromatic carbocycles. The maximum absolute atomic E-state index is 9.19. The highest BCUT2D eigenvalue weighted by atomic mass is 16.5. The van der Waals surface area contributed by atoms with Crippen LogP contribution < -0.4 is 4.90 Å². The van der Waals surface area contributed by atoms with Crippen LogP contribution in [0.2, 0.25) is 0 Å². The predicted molar refractivity (Wildman–Crippen MR) is 66.6 cm³/mol. The Balaban J connectivity index is 1.91. The summed E-state index contributed by atoms with van der Waals surface area (Å²) in [5.74, 6) is 0.900. The molecule has 0 aliphatic carbocycles. The summed E-state index contributed by atoms with van der Waals surface area (Å²) in [5, 5.41) is 13.3. The molecule has 1 saturated heterocycles. The fourth-order valence-corrected chi connectivity index (χ4v) is 2.21. The summed E-state index contributed by atoms with van der Waals surface area (Å²) in [7, 11) is 0. The van der Waals surface area contributed by atoms with Gasteiger partial charge in [-0.15, -0.1) is 0 Å². The van der Waals surface area contributed by atoms with Gasteiger partial charge in [-0.1, -0.05) is 0 Å². The molecular formula is C12H16N4O2. The van der Waals surface area contributed by atoms with Crippen LogP contribution in [-0.4, -0.2) is 51.6 Å². The number of nitrogens with zero attached hydrogens (tertiary/aromatic N) is 4. The minimum atomic E-state index is -0.135. The second-order valence-electron chi connectivity index (χ2n) is 4.56. The van der Waals surface area contributed by atoms with Gasteiger partial charge < -0.3 is 14.7 Å². The van der Waals surface area contributed by atoms with E-state index in [9.17, 15) is 5.11 Å². The number of rotatable bonds is 2. The number of morpholine rings is 1. The van der Waals surface area contributed by atoms with Crippen molar-refractivity contribution in [2.45, 2.75) is 19.1 Å². The number of aromatic nitrogens is 3. The first-order chi connectivity index (χ1) is 8.78. The SMILES string of the molecule is CC1COC(CO)CN1c1ccn2nccc2n1. The molecule has 2 aromatic rings. The van der Waals surface area contributed by atoms with E-state index in [0.29, 0.717) is 13.2 Å².